The molecule has 0 bridgehead atoms. The number of methoxy groups -OCH3 is 1. The first kappa shape index (κ1) is 23.5. The third-order valence-corrected chi connectivity index (χ3v) is 7.71. The van der Waals surface area contributed by atoms with Gasteiger partial charge in [0.15, 0.2) is 0 Å². The van der Waals surface area contributed by atoms with Crippen molar-refractivity contribution in [2.75, 3.05) is 7.11 Å². The maximum absolute atomic E-state index is 12.0. The van der Waals surface area contributed by atoms with Crippen molar-refractivity contribution in [1.82, 2.24) is 10.1 Å². The van der Waals surface area contributed by atoms with Crippen LogP contribution in [-0.4, -0.2) is 23.2 Å². The van der Waals surface area contributed by atoms with Gasteiger partial charge in [0.1, 0.15) is 5.76 Å². The SMILES string of the molecule is COC(=O)c1ccc(C2=CC(CC3CCCCC3)CCc3cc(-c4c(C)noc4C)cnc32)cc1. The molecule has 3 aromatic rings. The van der Waals surface area contributed by atoms with Gasteiger partial charge in [-0.05, 0) is 74.3 Å². The summed E-state index contributed by atoms with van der Waals surface area (Å²) in [5.41, 5.74) is 8.11. The van der Waals surface area contributed by atoms with Gasteiger partial charge in [-0.2, -0.15) is 0 Å². The summed E-state index contributed by atoms with van der Waals surface area (Å²) in [6, 6.07) is 10.0. The molecule has 0 amide bonds. The molecule has 1 atom stereocenters. The second-order valence-electron chi connectivity index (χ2n) is 10.1. The number of carbonyl (C=O) groups is 1. The fourth-order valence-corrected chi connectivity index (χ4v) is 5.89. The number of pyridine rings is 1. The summed E-state index contributed by atoms with van der Waals surface area (Å²) in [7, 11) is 1.41. The van der Waals surface area contributed by atoms with Crippen LogP contribution in [0.25, 0.3) is 16.7 Å². The molecule has 1 fully saturated rings. The fourth-order valence-electron chi connectivity index (χ4n) is 5.89. The van der Waals surface area contributed by atoms with Gasteiger partial charge in [0.05, 0.1) is 24.1 Å². The largest absolute Gasteiger partial charge is 0.465 e. The van der Waals surface area contributed by atoms with Crippen molar-refractivity contribution in [2.45, 2.75) is 65.2 Å². The van der Waals surface area contributed by atoms with Crippen molar-refractivity contribution >= 4 is 11.5 Å². The van der Waals surface area contributed by atoms with Gasteiger partial charge in [0.25, 0.3) is 0 Å². The molecule has 0 radical (unpaired) electrons. The molecule has 0 spiro atoms. The van der Waals surface area contributed by atoms with Gasteiger partial charge in [-0.1, -0.05) is 55.5 Å². The monoisotopic (exact) mass is 470 g/mol. The normalized spacial score (nSPS) is 18.5. The lowest BCUT2D eigenvalue weighted by molar-refractivity contribution is 0.0600. The van der Waals surface area contributed by atoms with Crippen molar-refractivity contribution in [3.05, 3.63) is 76.4 Å². The molecule has 1 unspecified atom stereocenters. The van der Waals surface area contributed by atoms with E-state index in [4.69, 9.17) is 14.2 Å². The van der Waals surface area contributed by atoms with Crippen LogP contribution in [0.5, 0.6) is 0 Å². The number of nitrogens with zero attached hydrogens (tertiary/aromatic N) is 2. The topological polar surface area (TPSA) is 65.2 Å². The zero-order valence-corrected chi connectivity index (χ0v) is 21.0. The average Bonchev–Trinajstić information content (AvgIpc) is 3.12. The number of carbonyl (C=O) groups excluding carboxylic acids is 1. The molecule has 5 nitrogen and oxygen atoms in total. The number of hydrogen-bond donors (Lipinski definition) is 0. The highest BCUT2D eigenvalue weighted by Gasteiger charge is 2.24. The van der Waals surface area contributed by atoms with Crippen molar-refractivity contribution in [3.8, 4) is 11.1 Å². The minimum atomic E-state index is -0.316. The van der Waals surface area contributed by atoms with Gasteiger partial charge in [0.2, 0.25) is 0 Å². The molecular formula is C30H34N2O3. The molecular weight excluding hydrogens is 436 g/mol. The number of benzene rings is 1. The van der Waals surface area contributed by atoms with E-state index in [-0.39, 0.29) is 5.97 Å². The zero-order valence-electron chi connectivity index (χ0n) is 21.0. The van der Waals surface area contributed by atoms with Gasteiger partial charge in [-0.15, -0.1) is 0 Å². The Hall–Kier alpha value is -3.21. The summed E-state index contributed by atoms with van der Waals surface area (Å²) in [5.74, 6) is 1.84. The summed E-state index contributed by atoms with van der Waals surface area (Å²) < 4.78 is 10.3. The highest BCUT2D eigenvalue weighted by molar-refractivity contribution is 5.90. The first-order valence-electron chi connectivity index (χ1n) is 12.9. The fraction of sp³-hybridized carbons (Fsp3) is 0.433. The van der Waals surface area contributed by atoms with E-state index in [1.165, 1.54) is 56.8 Å². The van der Waals surface area contributed by atoms with Crippen LogP contribution in [-0.2, 0) is 11.2 Å². The Labute approximate surface area is 207 Å². The molecule has 5 rings (SSSR count). The molecule has 5 heteroatoms. The molecule has 2 aliphatic rings. The third kappa shape index (κ3) is 4.95. The van der Waals surface area contributed by atoms with E-state index in [1.54, 1.807) is 0 Å². The number of esters is 1. The number of allylic oxidation sites excluding steroid dienone is 1. The number of aryl methyl sites for hydroxylation is 3. The summed E-state index contributed by atoms with van der Waals surface area (Å²) in [6.45, 7) is 3.93. The number of fused-ring (bicyclic) bond motifs is 1. The Kier molecular flexibility index (Phi) is 6.85. The van der Waals surface area contributed by atoms with Gasteiger partial charge < -0.3 is 9.26 Å². The maximum atomic E-state index is 12.0. The maximum Gasteiger partial charge on any atom is 0.337 e. The van der Waals surface area contributed by atoms with Crippen LogP contribution in [0.15, 0.2) is 47.1 Å². The molecule has 0 N–H and O–H groups in total. The van der Waals surface area contributed by atoms with Gasteiger partial charge in [0, 0.05) is 22.9 Å². The number of rotatable bonds is 5. The molecule has 35 heavy (non-hydrogen) atoms. The van der Waals surface area contributed by atoms with E-state index >= 15 is 0 Å². The second kappa shape index (κ2) is 10.2. The van der Waals surface area contributed by atoms with Crippen LogP contribution >= 0.6 is 0 Å². The molecule has 2 aromatic heterocycles. The van der Waals surface area contributed by atoms with Crippen molar-refractivity contribution in [1.29, 1.82) is 0 Å². The lowest BCUT2D eigenvalue weighted by atomic mass is 9.81. The number of hydrogen-bond acceptors (Lipinski definition) is 5. The molecule has 0 aliphatic heterocycles. The first-order valence-corrected chi connectivity index (χ1v) is 12.9. The number of ether oxygens (including phenoxy) is 1. The van der Waals surface area contributed by atoms with Crippen molar-refractivity contribution in [2.24, 2.45) is 11.8 Å². The summed E-state index contributed by atoms with van der Waals surface area (Å²) in [5, 5.41) is 4.14. The predicted molar refractivity (Wildman–Crippen MR) is 137 cm³/mol. The number of aromatic nitrogens is 2. The van der Waals surface area contributed by atoms with Crippen LogP contribution in [0.4, 0.5) is 0 Å². The summed E-state index contributed by atoms with van der Waals surface area (Å²) in [6.07, 6.45) is 14.6. The molecule has 1 aromatic carbocycles. The van der Waals surface area contributed by atoms with E-state index in [0.717, 1.165) is 52.6 Å². The van der Waals surface area contributed by atoms with Crippen LogP contribution < -0.4 is 0 Å². The van der Waals surface area contributed by atoms with Crippen LogP contribution in [0.1, 0.15) is 83.6 Å². The van der Waals surface area contributed by atoms with Gasteiger partial charge >= 0.3 is 5.97 Å². The highest BCUT2D eigenvalue weighted by atomic mass is 16.5. The Balaban J connectivity index is 1.53. The zero-order chi connectivity index (χ0) is 24.4. The van der Waals surface area contributed by atoms with Crippen LogP contribution in [0, 0.1) is 25.7 Å². The average molecular weight is 471 g/mol. The Bertz CT molecular complexity index is 1210. The van der Waals surface area contributed by atoms with E-state index in [2.05, 4.69) is 17.3 Å². The minimum absolute atomic E-state index is 0.316. The Morgan fingerprint density at radius 2 is 1.83 bits per heavy atom. The lowest BCUT2D eigenvalue weighted by Gasteiger charge is -2.25. The lowest BCUT2D eigenvalue weighted by Crippen LogP contribution is -2.11. The Morgan fingerprint density at radius 1 is 1.06 bits per heavy atom. The van der Waals surface area contributed by atoms with Gasteiger partial charge in [-0.3, -0.25) is 4.98 Å². The molecule has 2 aliphatic carbocycles. The highest BCUT2D eigenvalue weighted by Crippen LogP contribution is 2.38. The van der Waals surface area contributed by atoms with E-state index in [9.17, 15) is 4.79 Å². The van der Waals surface area contributed by atoms with E-state index in [0.29, 0.717) is 11.5 Å². The summed E-state index contributed by atoms with van der Waals surface area (Å²) in [4.78, 5) is 17.0. The second-order valence-corrected chi connectivity index (χ2v) is 10.1. The first-order chi connectivity index (χ1) is 17.0. The third-order valence-electron chi connectivity index (χ3n) is 7.71. The van der Waals surface area contributed by atoms with Gasteiger partial charge in [-0.25, -0.2) is 4.79 Å². The quantitative estimate of drug-likeness (QED) is 0.372. The molecule has 0 saturated heterocycles. The Morgan fingerprint density at radius 3 is 2.51 bits per heavy atom. The molecule has 2 heterocycles. The van der Waals surface area contributed by atoms with Crippen molar-refractivity contribution in [3.63, 3.8) is 0 Å². The predicted octanol–water partition coefficient (Wildman–Crippen LogP) is 7.10. The van der Waals surface area contributed by atoms with E-state index < -0.39 is 0 Å². The van der Waals surface area contributed by atoms with Crippen molar-refractivity contribution < 1.29 is 14.1 Å². The van der Waals surface area contributed by atoms with E-state index in [1.807, 2.05) is 44.3 Å². The molecule has 182 valence electrons. The van der Waals surface area contributed by atoms with Crippen LogP contribution in [0.2, 0.25) is 0 Å². The molecule has 1 saturated carbocycles. The van der Waals surface area contributed by atoms with Crippen LogP contribution in [0.3, 0.4) is 0 Å². The summed E-state index contributed by atoms with van der Waals surface area (Å²) >= 11 is 0. The standard InChI is InChI=1S/C30H34N2O3/c1-19-28(20(2)35-32-19)26-17-25-10-9-22(15-21-7-5-4-6-8-21)16-27(29(25)31-18-26)23-11-13-24(14-12-23)30(33)34-3/h11-14,16-18,21-22H,4-10,15H2,1-3H3. The minimum Gasteiger partial charge on any atom is -0.465 e. The smallest absolute Gasteiger partial charge is 0.337 e.